The third-order valence-corrected chi connectivity index (χ3v) is 9.77. The summed E-state index contributed by atoms with van der Waals surface area (Å²) in [6.07, 6.45) is -5.25. The van der Waals surface area contributed by atoms with E-state index in [-0.39, 0.29) is 24.5 Å². The molecule has 6 atom stereocenters. The molecule has 0 N–H and O–H groups in total. The molecule has 0 unspecified atom stereocenters. The van der Waals surface area contributed by atoms with Crippen LogP contribution in [0.25, 0.3) is 0 Å². The molecule has 4 heterocycles. The third kappa shape index (κ3) is 2.60. The number of carbonyl (C=O) groups is 1. The maximum Gasteiger partial charge on any atom is 0.417 e. The first kappa shape index (κ1) is 21.7. The highest BCUT2D eigenvalue weighted by atomic mass is 32.2. The van der Waals surface area contributed by atoms with E-state index in [1.165, 1.54) is 17.0 Å². The minimum absolute atomic E-state index is 0.0318. The molecule has 0 radical (unpaired) electrons. The van der Waals surface area contributed by atoms with Crippen molar-refractivity contribution in [3.8, 4) is 6.07 Å². The number of carbonyl (C=O) groups excluding carboxylic acids is 1. The molecule has 4 aliphatic heterocycles. The van der Waals surface area contributed by atoms with Gasteiger partial charge in [0.2, 0.25) is 5.91 Å². The van der Waals surface area contributed by atoms with E-state index in [0.717, 1.165) is 12.1 Å². The van der Waals surface area contributed by atoms with Crippen LogP contribution >= 0.6 is 0 Å². The van der Waals surface area contributed by atoms with E-state index in [1.807, 2.05) is 0 Å². The number of hydrogen-bond donors (Lipinski definition) is 0. The number of nitrogens with zero attached hydrogens (tertiary/aromatic N) is 2. The van der Waals surface area contributed by atoms with E-state index in [0.29, 0.717) is 6.42 Å². The van der Waals surface area contributed by atoms with Crippen LogP contribution in [-0.2, 0) is 30.3 Å². The number of fused-ring (bicyclic) bond motifs is 2. The number of alkyl halides is 3. The quantitative estimate of drug-likeness (QED) is 0.674. The molecule has 32 heavy (non-hydrogen) atoms. The summed E-state index contributed by atoms with van der Waals surface area (Å²) in [6, 6.07) is 4.65. The monoisotopic (exact) mass is 470 g/mol. The minimum Gasteiger partial charge on any atom is -0.366 e. The van der Waals surface area contributed by atoms with Crippen molar-refractivity contribution in [2.75, 3.05) is 17.3 Å². The standard InChI is InChI=1S/C21H21F3N2O5S/c1-3-32(28,29)14-9-19(2)15-16-18(30-7-6-20(14,16)31-19)26(17(15)27)12-5-4-11(10-25)13(8-12)21(22,23)24/h4-5,8,14-16,18H,3,6-7,9H2,1-2H3/t14-,15-,16+,18+,19-,20+/m1/s1. The first-order valence-electron chi connectivity index (χ1n) is 10.4. The van der Waals surface area contributed by atoms with Gasteiger partial charge in [0.15, 0.2) is 9.84 Å². The fourth-order valence-electron chi connectivity index (χ4n) is 6.29. The number of ether oxygens (including phenoxy) is 2. The van der Waals surface area contributed by atoms with Crippen LogP contribution < -0.4 is 4.90 Å². The van der Waals surface area contributed by atoms with Crippen LogP contribution in [0, 0.1) is 23.2 Å². The second kappa shape index (κ2) is 6.46. The largest absolute Gasteiger partial charge is 0.417 e. The summed E-state index contributed by atoms with van der Waals surface area (Å²) in [4.78, 5) is 14.7. The van der Waals surface area contributed by atoms with Gasteiger partial charge < -0.3 is 9.47 Å². The van der Waals surface area contributed by atoms with Gasteiger partial charge in [-0.2, -0.15) is 18.4 Å². The lowest BCUT2D eigenvalue weighted by molar-refractivity contribution is -0.140. The highest BCUT2D eigenvalue weighted by Crippen LogP contribution is 2.66. The Bertz CT molecular complexity index is 1160. The van der Waals surface area contributed by atoms with Crippen LogP contribution in [0.4, 0.5) is 18.9 Å². The molecule has 4 aliphatic rings. The van der Waals surface area contributed by atoms with Crippen LogP contribution in [0.3, 0.4) is 0 Å². The molecule has 7 nitrogen and oxygen atoms in total. The summed E-state index contributed by atoms with van der Waals surface area (Å²) in [5.74, 6) is -1.85. The molecule has 11 heteroatoms. The Labute approximate surface area is 183 Å². The number of halogens is 3. The van der Waals surface area contributed by atoms with Crippen molar-refractivity contribution in [1.29, 1.82) is 5.26 Å². The van der Waals surface area contributed by atoms with E-state index in [9.17, 15) is 26.4 Å². The van der Waals surface area contributed by atoms with Crippen molar-refractivity contribution in [3.63, 3.8) is 0 Å². The Morgan fingerprint density at radius 1 is 1.34 bits per heavy atom. The topological polar surface area (TPSA) is 96.7 Å². The molecule has 1 aromatic rings. The van der Waals surface area contributed by atoms with Crippen molar-refractivity contribution >= 4 is 21.4 Å². The second-order valence-electron chi connectivity index (χ2n) is 9.08. The number of nitriles is 1. The van der Waals surface area contributed by atoms with E-state index < -0.39 is 67.6 Å². The maximum absolute atomic E-state index is 13.5. The van der Waals surface area contributed by atoms with Gasteiger partial charge in [-0.3, -0.25) is 9.69 Å². The average Bonchev–Trinajstić information content (AvgIpc) is 3.31. The van der Waals surface area contributed by atoms with Crippen LogP contribution in [-0.4, -0.2) is 49.4 Å². The molecule has 0 aromatic heterocycles. The molecule has 2 bridgehead atoms. The van der Waals surface area contributed by atoms with Crippen LogP contribution in [0.5, 0.6) is 0 Å². The van der Waals surface area contributed by atoms with Crippen molar-refractivity contribution < 1.29 is 35.9 Å². The number of sulfone groups is 1. The summed E-state index contributed by atoms with van der Waals surface area (Å²) in [6.45, 7) is 3.39. The lowest BCUT2D eigenvalue weighted by Gasteiger charge is -2.45. The SMILES string of the molecule is CCS(=O)(=O)[C@@H]1C[C@@]2(C)O[C@@]13CCO[C@H]1[C@@H]3[C@@H]2C(=O)N1c1ccc(C#N)c(C(F)(F)F)c1. The van der Waals surface area contributed by atoms with Gasteiger partial charge in [-0.15, -0.1) is 0 Å². The molecule has 172 valence electrons. The van der Waals surface area contributed by atoms with Gasteiger partial charge in [0.25, 0.3) is 0 Å². The van der Waals surface area contributed by atoms with Gasteiger partial charge in [0.05, 0.1) is 46.2 Å². The zero-order chi connectivity index (χ0) is 23.3. The highest BCUT2D eigenvalue weighted by molar-refractivity contribution is 7.92. The summed E-state index contributed by atoms with van der Waals surface area (Å²) in [7, 11) is -3.50. The number of amides is 1. The summed E-state index contributed by atoms with van der Waals surface area (Å²) >= 11 is 0. The van der Waals surface area contributed by atoms with Gasteiger partial charge in [0, 0.05) is 23.8 Å². The van der Waals surface area contributed by atoms with E-state index in [1.54, 1.807) is 13.8 Å². The van der Waals surface area contributed by atoms with E-state index in [4.69, 9.17) is 14.7 Å². The number of benzene rings is 1. The second-order valence-corrected chi connectivity index (χ2v) is 11.5. The first-order valence-corrected chi connectivity index (χ1v) is 12.1. The molecule has 1 spiro atoms. The fraction of sp³-hybridized carbons (Fsp3) is 0.619. The average molecular weight is 470 g/mol. The summed E-state index contributed by atoms with van der Waals surface area (Å²) in [5.41, 5.74) is -3.87. The highest BCUT2D eigenvalue weighted by Gasteiger charge is 2.79. The van der Waals surface area contributed by atoms with Crippen LogP contribution in [0.2, 0.25) is 0 Å². The molecule has 4 saturated heterocycles. The number of hydrogen-bond acceptors (Lipinski definition) is 6. The minimum atomic E-state index is -4.78. The lowest BCUT2D eigenvalue weighted by atomic mass is 9.66. The summed E-state index contributed by atoms with van der Waals surface area (Å²) in [5, 5.41) is 8.28. The van der Waals surface area contributed by atoms with Crippen LogP contribution in [0.1, 0.15) is 37.8 Å². The van der Waals surface area contributed by atoms with Crippen molar-refractivity contribution in [2.45, 2.75) is 55.5 Å². The predicted octanol–water partition coefficient (Wildman–Crippen LogP) is 2.64. The first-order chi connectivity index (χ1) is 14.9. The Kier molecular flexibility index (Phi) is 4.37. The normalized spacial score (nSPS) is 38.1. The molecular formula is C21H21F3N2O5S. The number of rotatable bonds is 3. The molecule has 5 rings (SSSR count). The number of anilines is 1. The van der Waals surface area contributed by atoms with Crippen molar-refractivity contribution in [1.82, 2.24) is 0 Å². The molecule has 4 fully saturated rings. The summed E-state index contributed by atoms with van der Waals surface area (Å²) < 4.78 is 78.6. The third-order valence-electron chi connectivity index (χ3n) is 7.53. The van der Waals surface area contributed by atoms with Gasteiger partial charge in [-0.1, -0.05) is 6.92 Å². The van der Waals surface area contributed by atoms with Gasteiger partial charge in [-0.25, -0.2) is 8.42 Å². The van der Waals surface area contributed by atoms with E-state index in [2.05, 4.69) is 0 Å². The van der Waals surface area contributed by atoms with Crippen molar-refractivity contribution in [3.05, 3.63) is 29.3 Å². The Morgan fingerprint density at radius 2 is 2.06 bits per heavy atom. The molecule has 1 amide bonds. The predicted molar refractivity (Wildman–Crippen MR) is 105 cm³/mol. The van der Waals surface area contributed by atoms with Gasteiger partial charge in [0.1, 0.15) is 6.23 Å². The Hall–Kier alpha value is -2.16. The molecule has 0 saturated carbocycles. The zero-order valence-electron chi connectivity index (χ0n) is 17.3. The van der Waals surface area contributed by atoms with Gasteiger partial charge >= 0.3 is 6.18 Å². The molecule has 0 aliphatic carbocycles. The maximum atomic E-state index is 13.5. The van der Waals surface area contributed by atoms with Gasteiger partial charge in [-0.05, 0) is 31.5 Å². The zero-order valence-corrected chi connectivity index (χ0v) is 18.2. The Morgan fingerprint density at radius 3 is 2.69 bits per heavy atom. The van der Waals surface area contributed by atoms with E-state index >= 15 is 0 Å². The molecule has 1 aromatic carbocycles. The van der Waals surface area contributed by atoms with Crippen molar-refractivity contribution in [2.24, 2.45) is 11.8 Å². The smallest absolute Gasteiger partial charge is 0.366 e. The molecular weight excluding hydrogens is 449 g/mol. The van der Waals surface area contributed by atoms with Crippen LogP contribution in [0.15, 0.2) is 18.2 Å². The Balaban J connectivity index is 1.63. The lowest BCUT2D eigenvalue weighted by Crippen LogP contribution is -2.59. The fourth-order valence-corrected chi connectivity index (χ4v) is 8.21.